The molecule has 0 saturated carbocycles. The number of nitrogens with zero attached hydrogens (tertiary/aromatic N) is 4. The number of amides is 1. The molecule has 2 saturated heterocycles. The van der Waals surface area contributed by atoms with Crippen molar-refractivity contribution in [2.45, 2.75) is 25.4 Å². The zero-order valence-corrected chi connectivity index (χ0v) is 14.2. The van der Waals surface area contributed by atoms with Gasteiger partial charge in [0.05, 0.1) is 24.9 Å². The molecule has 4 rings (SSSR count). The van der Waals surface area contributed by atoms with Crippen molar-refractivity contribution < 1.29 is 9.53 Å². The number of anilines is 1. The minimum atomic E-state index is -0.132. The number of morpholine rings is 1. The van der Waals surface area contributed by atoms with Gasteiger partial charge in [0.15, 0.2) is 0 Å². The van der Waals surface area contributed by atoms with Gasteiger partial charge in [-0.05, 0) is 31.0 Å². The summed E-state index contributed by atoms with van der Waals surface area (Å²) >= 11 is 0. The van der Waals surface area contributed by atoms with Gasteiger partial charge in [0.1, 0.15) is 6.61 Å². The molecule has 6 heteroatoms. The predicted molar refractivity (Wildman–Crippen MR) is 94.0 cm³/mol. The van der Waals surface area contributed by atoms with Crippen LogP contribution in [-0.4, -0.2) is 47.1 Å². The Bertz CT molecular complexity index is 731. The monoisotopic (exact) mass is 338 g/mol. The molecule has 0 N–H and O–H groups in total. The molecule has 0 spiro atoms. The van der Waals surface area contributed by atoms with Crippen molar-refractivity contribution in [3.63, 3.8) is 0 Å². The van der Waals surface area contributed by atoms with Gasteiger partial charge in [-0.15, -0.1) is 0 Å². The summed E-state index contributed by atoms with van der Waals surface area (Å²) in [5.41, 5.74) is 3.12. The average molecular weight is 338 g/mol. The van der Waals surface area contributed by atoms with Gasteiger partial charge in [-0.2, -0.15) is 0 Å². The molecule has 1 amide bonds. The topological polar surface area (TPSA) is 58.6 Å². The maximum Gasteiger partial charge on any atom is 0.249 e. The second-order valence-electron chi connectivity index (χ2n) is 6.50. The first kappa shape index (κ1) is 16.0. The lowest BCUT2D eigenvalue weighted by atomic mass is 10.0. The van der Waals surface area contributed by atoms with Crippen LogP contribution in [0.5, 0.6) is 0 Å². The lowest BCUT2D eigenvalue weighted by Gasteiger charge is -2.37. The third-order valence-corrected chi connectivity index (χ3v) is 4.89. The van der Waals surface area contributed by atoms with Crippen LogP contribution in [0.25, 0.3) is 0 Å². The minimum Gasteiger partial charge on any atom is -0.371 e. The Morgan fingerprint density at radius 3 is 2.84 bits per heavy atom. The number of carbonyl (C=O) groups excluding carboxylic acids is 1. The van der Waals surface area contributed by atoms with Crippen molar-refractivity contribution in [2.24, 2.45) is 0 Å². The number of rotatable bonds is 4. The lowest BCUT2D eigenvalue weighted by molar-refractivity contribution is -0.149. The van der Waals surface area contributed by atoms with Crippen molar-refractivity contribution >= 4 is 11.6 Å². The van der Waals surface area contributed by atoms with Gasteiger partial charge in [-0.3, -0.25) is 14.8 Å². The van der Waals surface area contributed by atoms with Gasteiger partial charge in [-0.25, -0.2) is 0 Å². The second-order valence-corrected chi connectivity index (χ2v) is 6.50. The van der Waals surface area contributed by atoms with Crippen LogP contribution in [0.4, 0.5) is 5.69 Å². The van der Waals surface area contributed by atoms with E-state index in [9.17, 15) is 4.79 Å². The highest BCUT2D eigenvalue weighted by Gasteiger charge is 2.33. The van der Waals surface area contributed by atoms with E-state index in [1.54, 1.807) is 6.20 Å². The fourth-order valence-corrected chi connectivity index (χ4v) is 3.63. The van der Waals surface area contributed by atoms with Crippen molar-refractivity contribution in [1.29, 1.82) is 0 Å². The summed E-state index contributed by atoms with van der Waals surface area (Å²) in [6, 6.07) is 7.70. The van der Waals surface area contributed by atoms with Crippen molar-refractivity contribution in [3.05, 3.63) is 54.1 Å². The van der Waals surface area contributed by atoms with E-state index in [0.717, 1.165) is 24.3 Å². The normalized spacial score (nSPS) is 21.0. The molecule has 0 bridgehead atoms. The SMILES string of the molecule is O=C1COCC(c2cnccc2N2CCCC2)N1Cc1ccccn1. The molecule has 2 aliphatic heterocycles. The van der Waals surface area contributed by atoms with E-state index in [0.29, 0.717) is 13.2 Å². The quantitative estimate of drug-likeness (QED) is 0.855. The molecule has 0 aromatic carbocycles. The fraction of sp³-hybridized carbons (Fsp3) is 0.421. The van der Waals surface area contributed by atoms with E-state index in [1.165, 1.54) is 18.5 Å². The Morgan fingerprint density at radius 2 is 2.04 bits per heavy atom. The van der Waals surface area contributed by atoms with Crippen LogP contribution in [0.3, 0.4) is 0 Å². The summed E-state index contributed by atoms with van der Waals surface area (Å²) in [7, 11) is 0. The van der Waals surface area contributed by atoms with Crippen LogP contribution >= 0.6 is 0 Å². The molecule has 1 unspecified atom stereocenters. The zero-order chi connectivity index (χ0) is 17.1. The molecule has 2 aromatic heterocycles. The van der Waals surface area contributed by atoms with Crippen LogP contribution in [-0.2, 0) is 16.1 Å². The Labute approximate surface area is 147 Å². The van der Waals surface area contributed by atoms with Gasteiger partial charge >= 0.3 is 0 Å². The molecular formula is C19H22N4O2. The molecule has 0 radical (unpaired) electrons. The van der Waals surface area contributed by atoms with Gasteiger partial charge in [0.2, 0.25) is 5.91 Å². The highest BCUT2D eigenvalue weighted by atomic mass is 16.5. The van der Waals surface area contributed by atoms with Gasteiger partial charge in [0, 0.05) is 42.9 Å². The van der Waals surface area contributed by atoms with Gasteiger partial charge in [-0.1, -0.05) is 6.07 Å². The van der Waals surface area contributed by atoms with E-state index in [4.69, 9.17) is 4.74 Å². The number of carbonyl (C=O) groups is 1. The highest BCUT2D eigenvalue weighted by Crippen LogP contribution is 2.34. The summed E-state index contributed by atoms with van der Waals surface area (Å²) in [5, 5.41) is 0. The van der Waals surface area contributed by atoms with Crippen molar-refractivity contribution in [2.75, 3.05) is 31.2 Å². The molecule has 0 aliphatic carbocycles. The fourth-order valence-electron chi connectivity index (χ4n) is 3.63. The molecular weight excluding hydrogens is 316 g/mol. The summed E-state index contributed by atoms with van der Waals surface area (Å²) < 4.78 is 5.58. The van der Waals surface area contributed by atoms with Gasteiger partial charge < -0.3 is 14.5 Å². The van der Waals surface area contributed by atoms with Crippen LogP contribution in [0.15, 0.2) is 42.9 Å². The summed E-state index contributed by atoms with van der Waals surface area (Å²) in [5.74, 6) is -0.00173. The second kappa shape index (κ2) is 7.19. The van der Waals surface area contributed by atoms with E-state index >= 15 is 0 Å². The van der Waals surface area contributed by atoms with Gasteiger partial charge in [0.25, 0.3) is 0 Å². The summed E-state index contributed by atoms with van der Waals surface area (Å²) in [6.45, 7) is 3.22. The van der Waals surface area contributed by atoms with Crippen LogP contribution < -0.4 is 4.90 Å². The maximum atomic E-state index is 12.6. The zero-order valence-electron chi connectivity index (χ0n) is 14.2. The summed E-state index contributed by atoms with van der Waals surface area (Å²) in [6.07, 6.45) is 7.88. The number of hydrogen-bond acceptors (Lipinski definition) is 5. The molecule has 25 heavy (non-hydrogen) atoms. The van der Waals surface area contributed by atoms with Crippen molar-refractivity contribution in [3.8, 4) is 0 Å². The first-order valence-electron chi connectivity index (χ1n) is 8.79. The Balaban J connectivity index is 1.66. The van der Waals surface area contributed by atoms with E-state index in [-0.39, 0.29) is 18.6 Å². The number of ether oxygens (including phenoxy) is 1. The number of aromatic nitrogens is 2. The first-order chi connectivity index (χ1) is 12.3. The average Bonchev–Trinajstić information content (AvgIpc) is 3.19. The third kappa shape index (κ3) is 3.35. The first-order valence-corrected chi connectivity index (χ1v) is 8.79. The minimum absolute atomic E-state index is 0.00173. The Kier molecular flexibility index (Phi) is 4.61. The molecule has 130 valence electrons. The molecule has 2 aromatic rings. The lowest BCUT2D eigenvalue weighted by Crippen LogP contribution is -2.44. The molecule has 6 nitrogen and oxygen atoms in total. The van der Waals surface area contributed by atoms with E-state index in [1.807, 2.05) is 35.5 Å². The molecule has 1 atom stereocenters. The largest absolute Gasteiger partial charge is 0.371 e. The predicted octanol–water partition coefficient (Wildman–Crippen LogP) is 2.18. The summed E-state index contributed by atoms with van der Waals surface area (Å²) in [4.78, 5) is 25.5. The van der Waals surface area contributed by atoms with Crippen LogP contribution in [0.2, 0.25) is 0 Å². The van der Waals surface area contributed by atoms with E-state index in [2.05, 4.69) is 20.9 Å². The number of pyridine rings is 2. The smallest absolute Gasteiger partial charge is 0.249 e. The molecule has 4 heterocycles. The van der Waals surface area contributed by atoms with Crippen LogP contribution in [0, 0.1) is 0 Å². The van der Waals surface area contributed by atoms with Crippen molar-refractivity contribution in [1.82, 2.24) is 14.9 Å². The van der Waals surface area contributed by atoms with E-state index < -0.39 is 0 Å². The van der Waals surface area contributed by atoms with Crippen LogP contribution in [0.1, 0.15) is 30.1 Å². The maximum absolute atomic E-state index is 12.6. The highest BCUT2D eigenvalue weighted by molar-refractivity contribution is 5.79. The Hall–Kier alpha value is -2.47. The molecule has 2 aliphatic rings. The molecule has 2 fully saturated rings. The number of hydrogen-bond donors (Lipinski definition) is 0. The Morgan fingerprint density at radius 1 is 1.16 bits per heavy atom. The standard InChI is InChI=1S/C19H22N4O2/c24-19-14-25-13-18(23(19)12-15-5-1-2-7-21-15)16-11-20-8-6-17(16)22-9-3-4-10-22/h1-2,5-8,11,18H,3-4,9-10,12-14H2. The third-order valence-electron chi connectivity index (χ3n) is 4.89.